The molecule has 244 valence electrons. The standard InChI is InChI=1S/C30H45N5O9/c1-19(26(40)35-30(12-13-30)28(42)32-18-25(39)43-5)33-27(41)22(15-20-9-8-14-31-17-20)34-23(37)16-21(36)10-6-7-11-24(38)44-29(2,3)4/h8-9,14,17,19,21-22,36H,6-7,10-13,15-16,18H2,1-5H3,(H,32,42)(H,33,41)(H,34,37)(H,35,40)/t19-,21-,22-/m1/s1. The topological polar surface area (TPSA) is 202 Å². The molecule has 0 spiro atoms. The summed E-state index contributed by atoms with van der Waals surface area (Å²) in [7, 11) is 1.19. The molecule has 4 amide bonds. The number of nitrogens with zero attached hydrogens (tertiary/aromatic N) is 1. The number of aliphatic hydroxyl groups is 1. The summed E-state index contributed by atoms with van der Waals surface area (Å²) in [6.45, 7) is 6.46. The molecule has 1 aromatic heterocycles. The van der Waals surface area contributed by atoms with Gasteiger partial charge in [0.05, 0.1) is 19.6 Å². The minimum atomic E-state index is -1.17. The van der Waals surface area contributed by atoms with Gasteiger partial charge in [0.1, 0.15) is 29.8 Å². The highest BCUT2D eigenvalue weighted by molar-refractivity contribution is 5.98. The van der Waals surface area contributed by atoms with E-state index < -0.39 is 58.9 Å². The van der Waals surface area contributed by atoms with E-state index in [-0.39, 0.29) is 38.2 Å². The normalized spacial score (nSPS) is 15.5. The Morgan fingerprint density at radius 1 is 1.05 bits per heavy atom. The van der Waals surface area contributed by atoms with E-state index in [1.807, 2.05) is 0 Å². The van der Waals surface area contributed by atoms with Gasteiger partial charge < -0.3 is 35.8 Å². The molecule has 1 saturated carbocycles. The largest absolute Gasteiger partial charge is 0.468 e. The number of carbonyl (C=O) groups is 6. The number of esters is 2. The van der Waals surface area contributed by atoms with E-state index in [2.05, 4.69) is 31.0 Å². The van der Waals surface area contributed by atoms with Crippen LogP contribution >= 0.6 is 0 Å². The zero-order valence-corrected chi connectivity index (χ0v) is 26.1. The van der Waals surface area contributed by atoms with Crippen molar-refractivity contribution in [3.05, 3.63) is 30.1 Å². The smallest absolute Gasteiger partial charge is 0.325 e. The van der Waals surface area contributed by atoms with Gasteiger partial charge in [-0.25, -0.2) is 0 Å². The first-order valence-corrected chi connectivity index (χ1v) is 14.7. The van der Waals surface area contributed by atoms with Crippen molar-refractivity contribution in [1.29, 1.82) is 0 Å². The Labute approximate surface area is 257 Å². The number of carbonyl (C=O) groups excluding carboxylic acids is 6. The lowest BCUT2D eigenvalue weighted by Gasteiger charge is -2.23. The Morgan fingerprint density at radius 3 is 2.34 bits per heavy atom. The molecule has 14 nitrogen and oxygen atoms in total. The quantitative estimate of drug-likeness (QED) is 0.118. The molecule has 1 aliphatic rings. The summed E-state index contributed by atoms with van der Waals surface area (Å²) >= 11 is 0. The molecular formula is C30H45N5O9. The molecule has 5 N–H and O–H groups in total. The van der Waals surface area contributed by atoms with E-state index in [1.54, 1.807) is 45.3 Å². The molecule has 3 atom stereocenters. The molecule has 1 aliphatic carbocycles. The average Bonchev–Trinajstić information content (AvgIpc) is 3.73. The molecular weight excluding hydrogens is 574 g/mol. The van der Waals surface area contributed by atoms with Gasteiger partial charge in [0.2, 0.25) is 23.6 Å². The van der Waals surface area contributed by atoms with Crippen LogP contribution in [0.2, 0.25) is 0 Å². The van der Waals surface area contributed by atoms with Crippen molar-refractivity contribution >= 4 is 35.6 Å². The molecule has 0 saturated heterocycles. The van der Waals surface area contributed by atoms with Crippen LogP contribution in [-0.4, -0.2) is 88.6 Å². The van der Waals surface area contributed by atoms with Gasteiger partial charge in [-0.2, -0.15) is 0 Å². The van der Waals surface area contributed by atoms with Gasteiger partial charge in [-0.05, 0) is 65.0 Å². The predicted molar refractivity (Wildman–Crippen MR) is 158 cm³/mol. The number of hydrogen-bond donors (Lipinski definition) is 5. The van der Waals surface area contributed by atoms with E-state index in [4.69, 9.17) is 4.74 Å². The van der Waals surface area contributed by atoms with Crippen LogP contribution in [0, 0.1) is 0 Å². The Morgan fingerprint density at radius 2 is 1.75 bits per heavy atom. The van der Waals surface area contributed by atoms with Crippen molar-refractivity contribution < 1.29 is 43.3 Å². The highest BCUT2D eigenvalue weighted by atomic mass is 16.6. The van der Waals surface area contributed by atoms with Crippen LogP contribution in [0.15, 0.2) is 24.5 Å². The fraction of sp³-hybridized carbons (Fsp3) is 0.633. The minimum absolute atomic E-state index is 0.0750. The van der Waals surface area contributed by atoms with Crippen molar-refractivity contribution in [3.63, 3.8) is 0 Å². The molecule has 2 rings (SSSR count). The zero-order chi connectivity index (χ0) is 32.9. The number of methoxy groups -OCH3 is 1. The van der Waals surface area contributed by atoms with Crippen LogP contribution in [0.4, 0.5) is 0 Å². The van der Waals surface area contributed by atoms with Gasteiger partial charge in [-0.3, -0.25) is 33.8 Å². The van der Waals surface area contributed by atoms with Gasteiger partial charge in [-0.1, -0.05) is 12.5 Å². The predicted octanol–water partition coefficient (Wildman–Crippen LogP) is 0.205. The molecule has 0 aromatic carbocycles. The lowest BCUT2D eigenvalue weighted by molar-refractivity contribution is -0.155. The molecule has 1 fully saturated rings. The zero-order valence-electron chi connectivity index (χ0n) is 26.1. The summed E-state index contributed by atoms with van der Waals surface area (Å²) in [4.78, 5) is 78.6. The molecule has 0 bridgehead atoms. The van der Waals surface area contributed by atoms with Crippen LogP contribution in [0.5, 0.6) is 0 Å². The van der Waals surface area contributed by atoms with Gasteiger partial charge in [-0.15, -0.1) is 0 Å². The molecule has 0 unspecified atom stereocenters. The van der Waals surface area contributed by atoms with Gasteiger partial charge in [0.15, 0.2) is 0 Å². The summed E-state index contributed by atoms with van der Waals surface area (Å²) in [5.74, 6) is -3.31. The maximum absolute atomic E-state index is 13.2. The van der Waals surface area contributed by atoms with E-state index in [0.29, 0.717) is 31.2 Å². The van der Waals surface area contributed by atoms with E-state index >= 15 is 0 Å². The van der Waals surface area contributed by atoms with Gasteiger partial charge in [0.25, 0.3) is 0 Å². The number of nitrogens with one attached hydrogen (secondary N) is 4. The second kappa shape index (κ2) is 16.7. The molecule has 1 heterocycles. The third-order valence-corrected chi connectivity index (χ3v) is 6.74. The van der Waals surface area contributed by atoms with Crippen molar-refractivity contribution in [2.24, 2.45) is 0 Å². The average molecular weight is 620 g/mol. The Balaban J connectivity index is 1.91. The SMILES string of the molecule is COC(=O)CNC(=O)C1(NC(=O)[C@@H](C)NC(=O)[C@@H](Cc2cccnc2)NC(=O)C[C@H](O)CCCCC(=O)OC(C)(C)C)CC1. The first-order chi connectivity index (χ1) is 20.6. The van der Waals surface area contributed by atoms with Crippen molar-refractivity contribution in [1.82, 2.24) is 26.3 Å². The minimum Gasteiger partial charge on any atom is -0.468 e. The summed E-state index contributed by atoms with van der Waals surface area (Å²) in [5.41, 5.74) is -1.08. The summed E-state index contributed by atoms with van der Waals surface area (Å²) in [6.07, 6.45) is 4.16. The second-order valence-corrected chi connectivity index (χ2v) is 11.9. The highest BCUT2D eigenvalue weighted by Gasteiger charge is 2.51. The van der Waals surface area contributed by atoms with Crippen molar-refractivity contribution in [2.45, 2.75) is 108 Å². The maximum Gasteiger partial charge on any atom is 0.325 e. The Kier molecular flexibility index (Phi) is 13.7. The number of aliphatic hydroxyl groups excluding tert-OH is 1. The summed E-state index contributed by atoms with van der Waals surface area (Å²) in [6, 6.07) is 1.28. The van der Waals surface area contributed by atoms with E-state index in [9.17, 15) is 33.9 Å². The van der Waals surface area contributed by atoms with Crippen LogP contribution in [-0.2, 0) is 44.7 Å². The van der Waals surface area contributed by atoms with Gasteiger partial charge >= 0.3 is 11.9 Å². The van der Waals surface area contributed by atoms with E-state index in [0.717, 1.165) is 0 Å². The number of aromatic nitrogens is 1. The molecule has 14 heteroatoms. The number of pyridine rings is 1. The molecule has 44 heavy (non-hydrogen) atoms. The first-order valence-electron chi connectivity index (χ1n) is 14.7. The summed E-state index contributed by atoms with van der Waals surface area (Å²) in [5, 5.41) is 20.6. The van der Waals surface area contributed by atoms with Crippen LogP contribution in [0.1, 0.15) is 78.2 Å². The third-order valence-electron chi connectivity index (χ3n) is 6.74. The first kappa shape index (κ1) is 36.1. The van der Waals surface area contributed by atoms with Crippen molar-refractivity contribution in [2.75, 3.05) is 13.7 Å². The van der Waals surface area contributed by atoms with Crippen LogP contribution in [0.25, 0.3) is 0 Å². The molecule has 0 aliphatic heterocycles. The number of ether oxygens (including phenoxy) is 2. The fourth-order valence-electron chi connectivity index (χ4n) is 4.23. The highest BCUT2D eigenvalue weighted by Crippen LogP contribution is 2.35. The fourth-order valence-corrected chi connectivity index (χ4v) is 4.23. The number of amides is 4. The Bertz CT molecular complexity index is 1170. The number of unbranched alkanes of at least 4 members (excludes halogenated alkanes) is 1. The number of hydrogen-bond acceptors (Lipinski definition) is 10. The molecule has 0 radical (unpaired) electrons. The van der Waals surface area contributed by atoms with Crippen LogP contribution < -0.4 is 21.3 Å². The lowest BCUT2D eigenvalue weighted by atomic mass is 10.0. The monoisotopic (exact) mass is 619 g/mol. The van der Waals surface area contributed by atoms with Gasteiger partial charge in [0, 0.05) is 25.2 Å². The Hall–Kier alpha value is -4.07. The lowest BCUT2D eigenvalue weighted by Crippen LogP contribution is -2.57. The third kappa shape index (κ3) is 13.1. The second-order valence-electron chi connectivity index (χ2n) is 11.9. The van der Waals surface area contributed by atoms with E-state index in [1.165, 1.54) is 14.0 Å². The maximum atomic E-state index is 13.2. The molecule has 1 aromatic rings. The number of rotatable bonds is 17. The van der Waals surface area contributed by atoms with Crippen LogP contribution in [0.3, 0.4) is 0 Å². The van der Waals surface area contributed by atoms with Crippen molar-refractivity contribution in [3.8, 4) is 0 Å². The summed E-state index contributed by atoms with van der Waals surface area (Å²) < 4.78 is 9.76.